The SMILES string of the molecule is COC[C@]1(C[C@@H](C)C(=O)N2CCC(c3cc(F)c(Cl)c(OC)c3)CC2)NC(=O)CC1=O. The zero-order chi connectivity index (χ0) is 22.8. The maximum Gasteiger partial charge on any atom is 0.228 e. The monoisotopic (exact) mass is 454 g/mol. The first-order valence-electron chi connectivity index (χ1n) is 10.4. The molecule has 0 spiro atoms. The molecule has 0 saturated carbocycles. The summed E-state index contributed by atoms with van der Waals surface area (Å²) in [6.07, 6.45) is 1.38. The normalized spacial score (nSPS) is 23.1. The summed E-state index contributed by atoms with van der Waals surface area (Å²) in [4.78, 5) is 38.9. The van der Waals surface area contributed by atoms with Crippen molar-refractivity contribution in [2.75, 3.05) is 33.9 Å². The van der Waals surface area contributed by atoms with Crippen LogP contribution in [-0.4, -0.2) is 62.0 Å². The maximum atomic E-state index is 14.1. The first-order chi connectivity index (χ1) is 14.7. The van der Waals surface area contributed by atoms with Crippen molar-refractivity contribution in [1.82, 2.24) is 10.2 Å². The van der Waals surface area contributed by atoms with Gasteiger partial charge in [0.15, 0.2) is 5.78 Å². The molecule has 1 N–H and O–H groups in total. The first-order valence-corrected chi connectivity index (χ1v) is 10.7. The Labute approximate surface area is 186 Å². The zero-order valence-electron chi connectivity index (χ0n) is 18.0. The van der Waals surface area contributed by atoms with E-state index >= 15 is 0 Å². The Bertz CT molecular complexity index is 872. The quantitative estimate of drug-likeness (QED) is 0.640. The fourth-order valence-electron chi connectivity index (χ4n) is 4.61. The predicted molar refractivity (Wildman–Crippen MR) is 113 cm³/mol. The third-order valence-corrected chi connectivity index (χ3v) is 6.58. The van der Waals surface area contributed by atoms with E-state index in [0.29, 0.717) is 31.7 Å². The number of carbonyl (C=O) groups excluding carboxylic acids is 3. The number of amides is 2. The smallest absolute Gasteiger partial charge is 0.228 e. The van der Waals surface area contributed by atoms with Crippen LogP contribution in [0.25, 0.3) is 0 Å². The molecule has 9 heteroatoms. The van der Waals surface area contributed by atoms with Crippen molar-refractivity contribution >= 4 is 29.2 Å². The average molecular weight is 455 g/mol. The van der Waals surface area contributed by atoms with Crippen LogP contribution in [-0.2, 0) is 19.1 Å². The van der Waals surface area contributed by atoms with Crippen molar-refractivity contribution in [2.45, 2.75) is 44.1 Å². The first kappa shape index (κ1) is 23.5. The number of hydrogen-bond acceptors (Lipinski definition) is 5. The fourth-order valence-corrected chi connectivity index (χ4v) is 4.79. The molecule has 170 valence electrons. The number of benzene rings is 1. The molecule has 2 heterocycles. The van der Waals surface area contributed by atoms with Gasteiger partial charge in [0.1, 0.15) is 22.1 Å². The lowest BCUT2D eigenvalue weighted by molar-refractivity contribution is -0.138. The molecular weight excluding hydrogens is 427 g/mol. The molecule has 3 rings (SSSR count). The fraction of sp³-hybridized carbons (Fsp3) is 0.591. The second-order valence-corrected chi connectivity index (χ2v) is 8.76. The minimum absolute atomic E-state index is 0.0359. The lowest BCUT2D eigenvalue weighted by Gasteiger charge is -2.36. The third-order valence-electron chi connectivity index (χ3n) is 6.22. The van der Waals surface area contributed by atoms with Crippen LogP contribution in [0, 0.1) is 11.7 Å². The summed E-state index contributed by atoms with van der Waals surface area (Å²) < 4.78 is 24.4. The van der Waals surface area contributed by atoms with Crippen molar-refractivity contribution in [2.24, 2.45) is 5.92 Å². The molecule has 0 aliphatic carbocycles. The van der Waals surface area contributed by atoms with Gasteiger partial charge in [-0.3, -0.25) is 14.4 Å². The number of halogens is 2. The number of rotatable bonds is 7. The Balaban J connectivity index is 1.63. The van der Waals surface area contributed by atoms with Crippen molar-refractivity contribution in [3.63, 3.8) is 0 Å². The molecule has 0 radical (unpaired) electrons. The van der Waals surface area contributed by atoms with E-state index in [2.05, 4.69) is 5.32 Å². The molecule has 31 heavy (non-hydrogen) atoms. The lowest BCUT2D eigenvalue weighted by atomic mass is 9.84. The number of Topliss-reactive ketones (excluding diaryl/α,β-unsaturated/α-hetero) is 1. The molecule has 2 atom stereocenters. The number of ketones is 1. The van der Waals surface area contributed by atoms with Crippen molar-refractivity contribution in [3.8, 4) is 5.75 Å². The van der Waals surface area contributed by atoms with Crippen molar-refractivity contribution in [1.29, 1.82) is 0 Å². The summed E-state index contributed by atoms with van der Waals surface area (Å²) in [5, 5.41) is 2.68. The Hall–Kier alpha value is -2.19. The molecule has 2 saturated heterocycles. The number of piperidine rings is 1. The molecule has 2 aliphatic rings. The number of ether oxygens (including phenoxy) is 2. The molecule has 1 aromatic rings. The van der Waals surface area contributed by atoms with Crippen LogP contribution in [0.4, 0.5) is 4.39 Å². The van der Waals surface area contributed by atoms with E-state index in [0.717, 1.165) is 5.56 Å². The van der Waals surface area contributed by atoms with Gasteiger partial charge < -0.3 is 19.7 Å². The number of hydrogen-bond donors (Lipinski definition) is 1. The highest BCUT2D eigenvalue weighted by atomic mass is 35.5. The summed E-state index contributed by atoms with van der Waals surface area (Å²) in [5.74, 6) is -1.23. The van der Waals surface area contributed by atoms with Gasteiger partial charge in [-0.05, 0) is 42.9 Å². The van der Waals surface area contributed by atoms with E-state index < -0.39 is 17.3 Å². The van der Waals surface area contributed by atoms with Crippen molar-refractivity contribution in [3.05, 3.63) is 28.5 Å². The maximum absolute atomic E-state index is 14.1. The molecule has 0 bridgehead atoms. The molecule has 2 aliphatic heterocycles. The predicted octanol–water partition coefficient (Wildman–Crippen LogP) is 2.69. The number of likely N-dealkylation sites (tertiary alicyclic amines) is 1. The third kappa shape index (κ3) is 4.85. The van der Waals surface area contributed by atoms with E-state index in [9.17, 15) is 18.8 Å². The average Bonchev–Trinajstić information content (AvgIpc) is 3.02. The van der Waals surface area contributed by atoms with Crippen molar-refractivity contribution < 1.29 is 28.2 Å². The van der Waals surface area contributed by atoms with E-state index in [-0.39, 0.29) is 48.0 Å². The zero-order valence-corrected chi connectivity index (χ0v) is 18.8. The molecule has 1 aromatic carbocycles. The van der Waals surface area contributed by atoms with E-state index in [1.807, 2.05) is 0 Å². The molecule has 2 amide bonds. The summed E-state index contributed by atoms with van der Waals surface area (Å²) >= 11 is 5.91. The van der Waals surface area contributed by atoms with Crippen LogP contribution in [0.15, 0.2) is 12.1 Å². The minimum atomic E-state index is -1.14. The lowest BCUT2D eigenvalue weighted by Crippen LogP contribution is -2.53. The second kappa shape index (κ2) is 9.53. The van der Waals surface area contributed by atoms with Gasteiger partial charge in [-0.1, -0.05) is 18.5 Å². The summed E-state index contributed by atoms with van der Waals surface area (Å²) in [5.41, 5.74) is -0.339. The van der Waals surface area contributed by atoms with Gasteiger partial charge in [0.25, 0.3) is 0 Å². The largest absolute Gasteiger partial charge is 0.495 e. The van der Waals surface area contributed by atoms with Crippen LogP contribution in [0.3, 0.4) is 0 Å². The Morgan fingerprint density at radius 3 is 2.55 bits per heavy atom. The summed E-state index contributed by atoms with van der Waals surface area (Å²) in [7, 11) is 2.91. The van der Waals surface area contributed by atoms with Crippen LogP contribution >= 0.6 is 11.6 Å². The van der Waals surface area contributed by atoms with Gasteiger partial charge in [-0.25, -0.2) is 4.39 Å². The van der Waals surface area contributed by atoms with Gasteiger partial charge in [0, 0.05) is 26.1 Å². The minimum Gasteiger partial charge on any atom is -0.495 e. The number of nitrogens with zero attached hydrogens (tertiary/aromatic N) is 1. The highest BCUT2D eigenvalue weighted by Gasteiger charge is 2.48. The van der Waals surface area contributed by atoms with Crippen LogP contribution in [0.2, 0.25) is 5.02 Å². The van der Waals surface area contributed by atoms with Gasteiger partial charge in [0.2, 0.25) is 11.8 Å². The second-order valence-electron chi connectivity index (χ2n) is 8.39. The van der Waals surface area contributed by atoms with Crippen LogP contribution in [0.1, 0.15) is 44.1 Å². The van der Waals surface area contributed by atoms with Gasteiger partial charge in [-0.2, -0.15) is 0 Å². The highest BCUT2D eigenvalue weighted by Crippen LogP contribution is 2.36. The molecule has 7 nitrogen and oxygen atoms in total. The molecule has 0 unspecified atom stereocenters. The van der Waals surface area contributed by atoms with Gasteiger partial charge >= 0.3 is 0 Å². The van der Waals surface area contributed by atoms with E-state index in [1.165, 1.54) is 20.3 Å². The number of methoxy groups -OCH3 is 2. The molecule has 2 fully saturated rings. The molecule has 0 aromatic heterocycles. The number of nitrogens with one attached hydrogen (secondary N) is 1. The van der Waals surface area contributed by atoms with E-state index in [1.54, 1.807) is 17.9 Å². The van der Waals surface area contributed by atoms with Gasteiger partial charge in [0.05, 0.1) is 20.1 Å². The Morgan fingerprint density at radius 1 is 1.32 bits per heavy atom. The Kier molecular flexibility index (Phi) is 7.21. The van der Waals surface area contributed by atoms with Crippen LogP contribution < -0.4 is 10.1 Å². The van der Waals surface area contributed by atoms with Gasteiger partial charge in [-0.15, -0.1) is 0 Å². The molecular formula is C22H28ClFN2O5. The topological polar surface area (TPSA) is 84.9 Å². The van der Waals surface area contributed by atoms with E-state index in [4.69, 9.17) is 21.1 Å². The standard InChI is InChI=1S/C22H28ClFN2O5/c1-13(11-22(12-30-2)18(27)10-19(28)25-22)21(29)26-6-4-14(5-7-26)15-8-16(24)20(23)17(9-15)31-3/h8-9,13-14H,4-7,10-12H2,1-3H3,(H,25,28)/t13-,22+/m1/s1. The summed E-state index contributed by atoms with van der Waals surface area (Å²) in [6.45, 7) is 2.86. The Morgan fingerprint density at radius 2 is 2.00 bits per heavy atom. The number of carbonyl (C=O) groups is 3. The highest BCUT2D eigenvalue weighted by molar-refractivity contribution is 6.32. The summed E-state index contributed by atoms with van der Waals surface area (Å²) in [6, 6.07) is 3.18. The van der Waals surface area contributed by atoms with Crippen LogP contribution in [0.5, 0.6) is 5.75 Å².